The summed E-state index contributed by atoms with van der Waals surface area (Å²) in [5.41, 5.74) is 6.58. The summed E-state index contributed by atoms with van der Waals surface area (Å²) in [6, 6.07) is 10.8. The lowest BCUT2D eigenvalue weighted by molar-refractivity contribution is 0.0947. The molecule has 0 radical (unpaired) electrons. The van der Waals surface area contributed by atoms with Crippen LogP contribution in [0.4, 0.5) is 10.1 Å². The van der Waals surface area contributed by atoms with Gasteiger partial charge in [0.1, 0.15) is 5.82 Å². The van der Waals surface area contributed by atoms with Crippen molar-refractivity contribution in [3.63, 3.8) is 0 Å². The molecule has 0 aromatic heterocycles. The number of anilines is 1. The van der Waals surface area contributed by atoms with Gasteiger partial charge in [-0.1, -0.05) is 24.3 Å². The van der Waals surface area contributed by atoms with E-state index < -0.39 is 17.3 Å². The van der Waals surface area contributed by atoms with Crippen LogP contribution >= 0.6 is 0 Å². The van der Waals surface area contributed by atoms with Crippen molar-refractivity contribution in [2.24, 2.45) is 5.73 Å². The molecule has 2 aromatic carbocycles. The predicted octanol–water partition coefficient (Wildman–Crippen LogP) is 2.85. The van der Waals surface area contributed by atoms with Crippen molar-refractivity contribution in [1.29, 1.82) is 0 Å². The monoisotopic (exact) mass is 343 g/mol. The fourth-order valence-electron chi connectivity index (χ4n) is 2.25. The zero-order valence-electron chi connectivity index (χ0n) is 14.5. The molecule has 0 bridgehead atoms. The first-order valence-corrected chi connectivity index (χ1v) is 7.91. The van der Waals surface area contributed by atoms with E-state index in [1.807, 2.05) is 0 Å². The van der Waals surface area contributed by atoms with Crippen LogP contribution in [0.1, 0.15) is 40.1 Å². The van der Waals surface area contributed by atoms with Gasteiger partial charge in [-0.3, -0.25) is 9.59 Å². The van der Waals surface area contributed by atoms with Crippen molar-refractivity contribution < 1.29 is 14.0 Å². The van der Waals surface area contributed by atoms with Gasteiger partial charge in [-0.25, -0.2) is 4.39 Å². The maximum atomic E-state index is 13.8. The van der Waals surface area contributed by atoms with Crippen LogP contribution in [0.25, 0.3) is 0 Å². The van der Waals surface area contributed by atoms with Crippen LogP contribution < -0.4 is 16.4 Å². The molecule has 2 rings (SSSR count). The SMILES string of the molecule is Cc1cccc(C(=O)NCC(C)(C)N)c1NC(=O)c1ccccc1F. The molecule has 0 heterocycles. The van der Waals surface area contributed by atoms with Crippen LogP contribution in [0.5, 0.6) is 0 Å². The molecule has 132 valence electrons. The largest absolute Gasteiger partial charge is 0.350 e. The highest BCUT2D eigenvalue weighted by Crippen LogP contribution is 2.22. The van der Waals surface area contributed by atoms with Crippen molar-refractivity contribution in [2.75, 3.05) is 11.9 Å². The molecular weight excluding hydrogens is 321 g/mol. The first kappa shape index (κ1) is 18.6. The van der Waals surface area contributed by atoms with E-state index in [1.165, 1.54) is 18.2 Å². The summed E-state index contributed by atoms with van der Waals surface area (Å²) in [6.45, 7) is 5.63. The Hall–Kier alpha value is -2.73. The van der Waals surface area contributed by atoms with E-state index in [0.29, 0.717) is 16.8 Å². The van der Waals surface area contributed by atoms with Gasteiger partial charge in [0.2, 0.25) is 0 Å². The van der Waals surface area contributed by atoms with Gasteiger partial charge >= 0.3 is 0 Å². The highest BCUT2D eigenvalue weighted by molar-refractivity contribution is 6.09. The van der Waals surface area contributed by atoms with Gasteiger partial charge in [0.05, 0.1) is 16.8 Å². The molecule has 0 atom stereocenters. The highest BCUT2D eigenvalue weighted by Gasteiger charge is 2.19. The minimum absolute atomic E-state index is 0.0831. The number of nitrogens with one attached hydrogen (secondary N) is 2. The quantitative estimate of drug-likeness (QED) is 0.780. The summed E-state index contributed by atoms with van der Waals surface area (Å²) in [6.07, 6.45) is 0. The Labute approximate surface area is 146 Å². The number of carbonyl (C=O) groups excluding carboxylic acids is 2. The second kappa shape index (κ2) is 7.44. The molecule has 2 amide bonds. The maximum absolute atomic E-state index is 13.8. The Bertz CT molecular complexity index is 797. The molecule has 0 saturated carbocycles. The summed E-state index contributed by atoms with van der Waals surface area (Å²) in [4.78, 5) is 24.8. The number of carbonyl (C=O) groups is 2. The van der Waals surface area contributed by atoms with Crippen LogP contribution in [-0.2, 0) is 0 Å². The van der Waals surface area contributed by atoms with Crippen LogP contribution in [0.2, 0.25) is 0 Å². The summed E-state index contributed by atoms with van der Waals surface area (Å²) in [5.74, 6) is -1.59. The third-order valence-electron chi connectivity index (χ3n) is 3.58. The Balaban J connectivity index is 2.28. The van der Waals surface area contributed by atoms with Crippen molar-refractivity contribution in [1.82, 2.24) is 5.32 Å². The van der Waals surface area contributed by atoms with Gasteiger partial charge in [0.25, 0.3) is 11.8 Å². The fourth-order valence-corrected chi connectivity index (χ4v) is 2.25. The third kappa shape index (κ3) is 4.87. The lowest BCUT2D eigenvalue weighted by atomic mass is 10.0. The second-order valence-electron chi connectivity index (χ2n) is 6.60. The predicted molar refractivity (Wildman–Crippen MR) is 96.1 cm³/mol. The molecule has 5 nitrogen and oxygen atoms in total. The van der Waals surface area contributed by atoms with E-state index >= 15 is 0 Å². The molecule has 0 unspecified atom stereocenters. The number of aryl methyl sites for hydroxylation is 1. The molecule has 25 heavy (non-hydrogen) atoms. The Morgan fingerprint density at radius 2 is 1.68 bits per heavy atom. The van der Waals surface area contributed by atoms with E-state index in [4.69, 9.17) is 5.73 Å². The molecule has 0 aliphatic carbocycles. The second-order valence-corrected chi connectivity index (χ2v) is 6.60. The molecule has 2 aromatic rings. The number of amides is 2. The number of benzene rings is 2. The Kier molecular flexibility index (Phi) is 5.54. The summed E-state index contributed by atoms with van der Waals surface area (Å²) in [7, 11) is 0. The van der Waals surface area contributed by atoms with Gasteiger partial charge in [-0.05, 0) is 44.5 Å². The van der Waals surface area contributed by atoms with Crippen molar-refractivity contribution in [2.45, 2.75) is 26.3 Å². The summed E-state index contributed by atoms with van der Waals surface area (Å²) >= 11 is 0. The summed E-state index contributed by atoms with van der Waals surface area (Å²) < 4.78 is 13.8. The van der Waals surface area contributed by atoms with Gasteiger partial charge < -0.3 is 16.4 Å². The normalized spacial score (nSPS) is 11.1. The lowest BCUT2D eigenvalue weighted by Gasteiger charge is -2.20. The van der Waals surface area contributed by atoms with Crippen molar-refractivity contribution in [3.05, 3.63) is 65.0 Å². The van der Waals surface area contributed by atoms with Gasteiger partial charge in [0.15, 0.2) is 0 Å². The Morgan fingerprint density at radius 1 is 1.04 bits per heavy atom. The average Bonchev–Trinajstić information content (AvgIpc) is 2.54. The van der Waals surface area contributed by atoms with E-state index in [2.05, 4.69) is 10.6 Å². The van der Waals surface area contributed by atoms with E-state index in [0.717, 1.165) is 0 Å². The fraction of sp³-hybridized carbons (Fsp3) is 0.263. The number of hydrogen-bond acceptors (Lipinski definition) is 3. The van der Waals surface area contributed by atoms with Crippen LogP contribution in [0.15, 0.2) is 42.5 Å². The average molecular weight is 343 g/mol. The molecular formula is C19H22FN3O2. The number of para-hydroxylation sites is 1. The molecule has 0 aliphatic rings. The van der Waals surface area contributed by atoms with Crippen LogP contribution in [0.3, 0.4) is 0 Å². The molecule has 0 spiro atoms. The van der Waals surface area contributed by atoms with E-state index in [-0.39, 0.29) is 18.0 Å². The molecule has 0 fully saturated rings. The van der Waals surface area contributed by atoms with E-state index in [9.17, 15) is 14.0 Å². The molecule has 0 saturated heterocycles. The maximum Gasteiger partial charge on any atom is 0.258 e. The number of halogens is 1. The van der Waals surface area contributed by atoms with Crippen molar-refractivity contribution >= 4 is 17.5 Å². The number of rotatable bonds is 5. The lowest BCUT2D eigenvalue weighted by Crippen LogP contribution is -2.45. The minimum atomic E-state index is -0.621. The van der Waals surface area contributed by atoms with Gasteiger partial charge in [0, 0.05) is 12.1 Å². The molecule has 0 aliphatic heterocycles. The molecule has 6 heteroatoms. The highest BCUT2D eigenvalue weighted by atomic mass is 19.1. The number of hydrogen-bond donors (Lipinski definition) is 3. The van der Waals surface area contributed by atoms with Gasteiger partial charge in [-0.2, -0.15) is 0 Å². The number of nitrogens with two attached hydrogens (primary N) is 1. The van der Waals surface area contributed by atoms with E-state index in [1.54, 1.807) is 45.0 Å². The zero-order chi connectivity index (χ0) is 18.6. The van der Waals surface area contributed by atoms with Crippen LogP contribution in [-0.4, -0.2) is 23.9 Å². The van der Waals surface area contributed by atoms with Crippen LogP contribution in [0, 0.1) is 12.7 Å². The zero-order valence-corrected chi connectivity index (χ0v) is 14.5. The summed E-state index contributed by atoms with van der Waals surface area (Å²) in [5, 5.41) is 5.38. The smallest absolute Gasteiger partial charge is 0.258 e. The minimum Gasteiger partial charge on any atom is -0.350 e. The van der Waals surface area contributed by atoms with Gasteiger partial charge in [-0.15, -0.1) is 0 Å². The molecule has 4 N–H and O–H groups in total. The first-order chi connectivity index (χ1) is 11.7. The Morgan fingerprint density at radius 3 is 2.32 bits per heavy atom. The van der Waals surface area contributed by atoms with Crippen molar-refractivity contribution in [3.8, 4) is 0 Å². The first-order valence-electron chi connectivity index (χ1n) is 7.91. The third-order valence-corrected chi connectivity index (χ3v) is 3.58. The standard InChI is InChI=1S/C19H22FN3O2/c1-12-7-6-9-14(17(24)22-11-19(2,3)21)16(12)23-18(25)13-8-4-5-10-15(13)20/h4-10H,11,21H2,1-3H3,(H,22,24)(H,23,25). The topological polar surface area (TPSA) is 84.2 Å².